The average Bonchev–Trinajstić information content (AvgIpc) is 2.62. The van der Waals surface area contributed by atoms with Crippen molar-refractivity contribution in [1.29, 1.82) is 0 Å². The van der Waals surface area contributed by atoms with Gasteiger partial charge in [-0.15, -0.1) is 0 Å². The topological polar surface area (TPSA) is 70.2 Å². The largest absolute Gasteiger partial charge is 0.346 e. The molecule has 0 saturated carbocycles. The summed E-state index contributed by atoms with van der Waals surface area (Å²) in [5.41, 5.74) is 3.76. The lowest BCUT2D eigenvalue weighted by Crippen LogP contribution is -2.45. The summed E-state index contributed by atoms with van der Waals surface area (Å²) in [7, 11) is 0. The van der Waals surface area contributed by atoms with Crippen LogP contribution in [0.5, 0.6) is 0 Å². The summed E-state index contributed by atoms with van der Waals surface area (Å²) in [6.45, 7) is 7.52. The Morgan fingerprint density at radius 3 is 2.30 bits per heavy atom. The number of hydrogen-bond donors (Lipinski definition) is 3. The van der Waals surface area contributed by atoms with Crippen LogP contribution in [0, 0.1) is 13.8 Å². The predicted molar refractivity (Wildman–Crippen MR) is 110 cm³/mol. The quantitative estimate of drug-likeness (QED) is 0.677. The molecule has 27 heavy (non-hydrogen) atoms. The maximum absolute atomic E-state index is 12.3. The van der Waals surface area contributed by atoms with Crippen LogP contribution in [0.15, 0.2) is 42.5 Å². The first-order valence-electron chi connectivity index (χ1n) is 8.93. The Kier molecular flexibility index (Phi) is 7.39. The number of carbonyl (C=O) groups is 2. The van der Waals surface area contributed by atoms with Crippen molar-refractivity contribution in [2.75, 3.05) is 11.9 Å². The molecule has 0 aliphatic heterocycles. The minimum Gasteiger partial charge on any atom is -0.346 e. The summed E-state index contributed by atoms with van der Waals surface area (Å²) >= 11 is 6.01. The highest BCUT2D eigenvalue weighted by atomic mass is 35.5. The van der Waals surface area contributed by atoms with E-state index < -0.39 is 6.04 Å². The smallest absolute Gasteiger partial charge is 0.243 e. The van der Waals surface area contributed by atoms with Gasteiger partial charge in [0.2, 0.25) is 11.8 Å². The van der Waals surface area contributed by atoms with Gasteiger partial charge < -0.3 is 10.6 Å². The molecule has 0 unspecified atom stereocenters. The normalized spacial score (nSPS) is 12.9. The first kappa shape index (κ1) is 20.9. The number of anilines is 1. The summed E-state index contributed by atoms with van der Waals surface area (Å²) < 4.78 is 0. The molecule has 0 bridgehead atoms. The summed E-state index contributed by atoms with van der Waals surface area (Å²) in [6, 6.07) is 12.8. The molecule has 2 rings (SSSR count). The van der Waals surface area contributed by atoms with Crippen molar-refractivity contribution in [3.05, 3.63) is 64.2 Å². The zero-order valence-electron chi connectivity index (χ0n) is 16.1. The third kappa shape index (κ3) is 6.08. The Bertz CT molecular complexity index is 803. The lowest BCUT2D eigenvalue weighted by Gasteiger charge is -2.20. The monoisotopic (exact) mass is 387 g/mol. The van der Waals surface area contributed by atoms with E-state index in [2.05, 4.69) is 16.0 Å². The van der Waals surface area contributed by atoms with Gasteiger partial charge in [-0.2, -0.15) is 0 Å². The SMILES string of the molecule is Cc1cccc(C)c1NC(=O)CNC(=O)[C@H](C)N[C@@H](C)c1cccc(Cl)c1. The van der Waals surface area contributed by atoms with Crippen LogP contribution in [-0.2, 0) is 9.59 Å². The van der Waals surface area contributed by atoms with E-state index in [1.807, 2.05) is 63.2 Å². The molecule has 0 heterocycles. The average molecular weight is 388 g/mol. The number of para-hydroxylation sites is 1. The highest BCUT2D eigenvalue weighted by Gasteiger charge is 2.17. The number of rotatable bonds is 7. The molecule has 0 aromatic heterocycles. The van der Waals surface area contributed by atoms with Crippen molar-refractivity contribution in [2.24, 2.45) is 0 Å². The van der Waals surface area contributed by atoms with Gasteiger partial charge in [0.25, 0.3) is 0 Å². The molecule has 144 valence electrons. The van der Waals surface area contributed by atoms with Crippen molar-refractivity contribution in [3.63, 3.8) is 0 Å². The zero-order valence-corrected chi connectivity index (χ0v) is 16.9. The fourth-order valence-electron chi connectivity index (χ4n) is 2.84. The fraction of sp³-hybridized carbons (Fsp3) is 0.333. The Hall–Kier alpha value is -2.37. The number of hydrogen-bond acceptors (Lipinski definition) is 3. The van der Waals surface area contributed by atoms with Gasteiger partial charge in [0, 0.05) is 16.8 Å². The lowest BCUT2D eigenvalue weighted by molar-refractivity contribution is -0.125. The first-order chi connectivity index (χ1) is 12.8. The fourth-order valence-corrected chi connectivity index (χ4v) is 3.04. The number of amides is 2. The summed E-state index contributed by atoms with van der Waals surface area (Å²) in [5, 5.41) is 9.39. The van der Waals surface area contributed by atoms with Gasteiger partial charge in [-0.1, -0.05) is 41.9 Å². The highest BCUT2D eigenvalue weighted by Crippen LogP contribution is 2.19. The molecule has 6 heteroatoms. The van der Waals surface area contributed by atoms with Gasteiger partial charge in [0.15, 0.2) is 0 Å². The maximum atomic E-state index is 12.3. The van der Waals surface area contributed by atoms with Crippen molar-refractivity contribution in [1.82, 2.24) is 10.6 Å². The molecule has 0 aliphatic carbocycles. The summed E-state index contributed by atoms with van der Waals surface area (Å²) in [4.78, 5) is 24.5. The van der Waals surface area contributed by atoms with E-state index >= 15 is 0 Å². The van der Waals surface area contributed by atoms with Gasteiger partial charge in [0.05, 0.1) is 12.6 Å². The Labute approximate surface area is 165 Å². The zero-order chi connectivity index (χ0) is 20.0. The number of aryl methyl sites for hydroxylation is 2. The minimum atomic E-state index is -0.452. The molecule has 2 atom stereocenters. The number of carbonyl (C=O) groups excluding carboxylic acids is 2. The van der Waals surface area contributed by atoms with Crippen LogP contribution in [0.25, 0.3) is 0 Å². The second-order valence-electron chi connectivity index (χ2n) is 6.70. The standard InChI is InChI=1S/C21H26ClN3O2/c1-13-7-5-8-14(2)20(13)25-19(26)12-23-21(27)16(4)24-15(3)17-9-6-10-18(22)11-17/h5-11,15-16,24H,12H2,1-4H3,(H,23,27)(H,25,26)/t15-,16-/m0/s1. The van der Waals surface area contributed by atoms with Crippen molar-refractivity contribution >= 4 is 29.1 Å². The number of halogens is 1. The molecule has 0 saturated heterocycles. The molecule has 0 radical (unpaired) electrons. The molecule has 2 aromatic carbocycles. The Balaban J connectivity index is 1.84. The lowest BCUT2D eigenvalue weighted by atomic mass is 10.1. The molecular weight excluding hydrogens is 362 g/mol. The van der Waals surface area contributed by atoms with Crippen LogP contribution in [-0.4, -0.2) is 24.4 Å². The van der Waals surface area contributed by atoms with Crippen LogP contribution >= 0.6 is 11.6 Å². The molecule has 0 fully saturated rings. The van der Waals surface area contributed by atoms with Crippen LogP contribution in [0.1, 0.15) is 36.6 Å². The maximum Gasteiger partial charge on any atom is 0.243 e. The Morgan fingerprint density at radius 1 is 1.04 bits per heavy atom. The van der Waals surface area contributed by atoms with Crippen LogP contribution in [0.3, 0.4) is 0 Å². The van der Waals surface area contributed by atoms with E-state index in [-0.39, 0.29) is 24.4 Å². The second kappa shape index (κ2) is 9.53. The van der Waals surface area contributed by atoms with Crippen LogP contribution < -0.4 is 16.0 Å². The molecule has 5 nitrogen and oxygen atoms in total. The van der Waals surface area contributed by atoms with Crippen LogP contribution in [0.4, 0.5) is 5.69 Å². The highest BCUT2D eigenvalue weighted by molar-refractivity contribution is 6.30. The van der Waals surface area contributed by atoms with E-state index in [9.17, 15) is 9.59 Å². The van der Waals surface area contributed by atoms with Gasteiger partial charge in [0.1, 0.15) is 0 Å². The molecule has 2 aromatic rings. The first-order valence-corrected chi connectivity index (χ1v) is 9.31. The number of benzene rings is 2. The van der Waals surface area contributed by atoms with Crippen LogP contribution in [0.2, 0.25) is 5.02 Å². The van der Waals surface area contributed by atoms with E-state index in [1.165, 1.54) is 0 Å². The van der Waals surface area contributed by atoms with Crippen molar-refractivity contribution in [3.8, 4) is 0 Å². The molecular formula is C21H26ClN3O2. The van der Waals surface area contributed by atoms with Gasteiger partial charge in [-0.3, -0.25) is 14.9 Å². The van der Waals surface area contributed by atoms with E-state index in [0.717, 1.165) is 22.4 Å². The van der Waals surface area contributed by atoms with E-state index in [1.54, 1.807) is 6.92 Å². The molecule has 0 aliphatic rings. The summed E-state index contributed by atoms with van der Waals surface area (Å²) in [6.07, 6.45) is 0. The summed E-state index contributed by atoms with van der Waals surface area (Å²) in [5.74, 6) is -0.489. The van der Waals surface area contributed by atoms with Gasteiger partial charge in [-0.25, -0.2) is 0 Å². The number of nitrogens with one attached hydrogen (secondary N) is 3. The van der Waals surface area contributed by atoms with Gasteiger partial charge >= 0.3 is 0 Å². The van der Waals surface area contributed by atoms with Crippen molar-refractivity contribution in [2.45, 2.75) is 39.8 Å². The molecule has 3 N–H and O–H groups in total. The minimum absolute atomic E-state index is 0.0482. The predicted octanol–water partition coefficient (Wildman–Crippen LogP) is 3.75. The van der Waals surface area contributed by atoms with Gasteiger partial charge in [-0.05, 0) is 56.5 Å². The second-order valence-corrected chi connectivity index (χ2v) is 7.13. The Morgan fingerprint density at radius 2 is 1.67 bits per heavy atom. The van der Waals surface area contributed by atoms with E-state index in [4.69, 9.17) is 11.6 Å². The van der Waals surface area contributed by atoms with E-state index in [0.29, 0.717) is 5.02 Å². The van der Waals surface area contributed by atoms with Crippen molar-refractivity contribution < 1.29 is 9.59 Å². The molecule has 0 spiro atoms. The third-order valence-electron chi connectivity index (χ3n) is 4.41. The third-order valence-corrected chi connectivity index (χ3v) is 4.65. The molecule has 2 amide bonds.